The lowest BCUT2D eigenvalue weighted by atomic mass is 10.3. The number of methoxy groups -OCH3 is 1. The van der Waals surface area contributed by atoms with Gasteiger partial charge in [0, 0.05) is 26.7 Å². The van der Waals surface area contributed by atoms with Crippen LogP contribution in [0.3, 0.4) is 0 Å². The van der Waals surface area contributed by atoms with E-state index < -0.39 is 12.0 Å². The van der Waals surface area contributed by atoms with Gasteiger partial charge in [-0.3, -0.25) is 4.79 Å². The van der Waals surface area contributed by atoms with E-state index in [1.54, 1.807) is 7.11 Å². The van der Waals surface area contributed by atoms with Crippen molar-refractivity contribution >= 4 is 5.91 Å². The number of halogens is 3. The Balaban J connectivity index is 1.94. The summed E-state index contributed by atoms with van der Waals surface area (Å²) in [5, 5.41) is 9.59. The van der Waals surface area contributed by atoms with Crippen LogP contribution >= 0.6 is 0 Å². The zero-order valence-corrected chi connectivity index (χ0v) is 11.5. The molecule has 1 aromatic rings. The average molecular weight is 307 g/mol. The molecule has 0 saturated heterocycles. The monoisotopic (exact) mass is 307 g/mol. The van der Waals surface area contributed by atoms with Crippen LogP contribution < -0.4 is 5.32 Å². The van der Waals surface area contributed by atoms with E-state index in [1.807, 2.05) is 0 Å². The van der Waals surface area contributed by atoms with Crippen LogP contribution in [-0.2, 0) is 28.8 Å². The van der Waals surface area contributed by atoms with Gasteiger partial charge < -0.3 is 19.5 Å². The van der Waals surface area contributed by atoms with Crippen LogP contribution in [0.15, 0.2) is 0 Å². The molecule has 1 aliphatic heterocycles. The number of amides is 1. The molecule has 2 rings (SSSR count). The number of nitrogens with one attached hydrogen (secondary N) is 1. The molecule has 7 nitrogen and oxygen atoms in total. The Morgan fingerprint density at radius 2 is 2.14 bits per heavy atom. The topological polar surface area (TPSA) is 72.3 Å². The minimum absolute atomic E-state index is 0.0356. The second-order valence-corrected chi connectivity index (χ2v) is 4.57. The highest BCUT2D eigenvalue weighted by molar-refractivity contribution is 5.78. The highest BCUT2D eigenvalue weighted by Gasteiger charge is 2.39. The predicted octanol–water partition coefficient (Wildman–Crippen LogP) is -0.125. The number of ether oxygens (including phenoxy) is 1. The van der Waals surface area contributed by atoms with Gasteiger partial charge in [0.15, 0.2) is 5.82 Å². The largest absolute Gasteiger partial charge is 0.451 e. The molecule has 21 heavy (non-hydrogen) atoms. The molecule has 0 unspecified atom stereocenters. The third-order valence-corrected chi connectivity index (χ3v) is 3.12. The molecule has 0 saturated carbocycles. The number of nitrogens with zero attached hydrogens (tertiary/aromatic N) is 4. The summed E-state index contributed by atoms with van der Waals surface area (Å²) < 4.78 is 43.9. The normalized spacial score (nSPS) is 15.1. The van der Waals surface area contributed by atoms with Crippen molar-refractivity contribution in [2.45, 2.75) is 19.3 Å². The zero-order chi connectivity index (χ0) is 15.5. The number of aromatic nitrogens is 3. The van der Waals surface area contributed by atoms with E-state index in [4.69, 9.17) is 4.74 Å². The number of rotatable bonds is 5. The van der Waals surface area contributed by atoms with Gasteiger partial charge in [-0.1, -0.05) is 0 Å². The standard InChI is InChI=1S/C11H16F3N5O2/c1-21-5-2-15-6-9(20)18-3-4-19-8(7-18)16-17-10(19)11(12,13)14/h15H,2-7H2,1H3. The lowest BCUT2D eigenvalue weighted by molar-refractivity contribution is -0.148. The van der Waals surface area contributed by atoms with E-state index in [2.05, 4.69) is 15.5 Å². The lowest BCUT2D eigenvalue weighted by Gasteiger charge is -2.28. The molecule has 0 radical (unpaired) electrons. The second-order valence-electron chi connectivity index (χ2n) is 4.57. The number of carbonyl (C=O) groups is 1. The van der Waals surface area contributed by atoms with Crippen molar-refractivity contribution in [1.29, 1.82) is 0 Å². The maximum Gasteiger partial charge on any atom is 0.451 e. The number of carbonyl (C=O) groups excluding carboxylic acids is 1. The van der Waals surface area contributed by atoms with Crippen molar-refractivity contribution < 1.29 is 22.7 Å². The number of fused-ring (bicyclic) bond motifs is 1. The van der Waals surface area contributed by atoms with Crippen molar-refractivity contribution in [3.05, 3.63) is 11.6 Å². The van der Waals surface area contributed by atoms with Gasteiger partial charge in [-0.05, 0) is 0 Å². The summed E-state index contributed by atoms with van der Waals surface area (Å²) in [6.07, 6.45) is -4.53. The van der Waals surface area contributed by atoms with E-state index in [0.29, 0.717) is 13.2 Å². The van der Waals surface area contributed by atoms with Crippen LogP contribution in [0.4, 0.5) is 13.2 Å². The third-order valence-electron chi connectivity index (χ3n) is 3.12. The van der Waals surface area contributed by atoms with Crippen molar-refractivity contribution in [2.75, 3.05) is 33.4 Å². The first-order valence-corrected chi connectivity index (χ1v) is 6.40. The molecule has 2 heterocycles. The molecule has 10 heteroatoms. The SMILES string of the molecule is COCCNCC(=O)N1CCn2c(nnc2C(F)(F)F)C1. The molecule has 0 atom stereocenters. The Morgan fingerprint density at radius 3 is 2.81 bits per heavy atom. The van der Waals surface area contributed by atoms with Gasteiger partial charge in [-0.25, -0.2) is 0 Å². The summed E-state index contributed by atoms with van der Waals surface area (Å²) in [6, 6.07) is 0. The Hall–Kier alpha value is -1.68. The Morgan fingerprint density at radius 1 is 1.38 bits per heavy atom. The van der Waals surface area contributed by atoms with E-state index >= 15 is 0 Å². The van der Waals surface area contributed by atoms with Crippen molar-refractivity contribution in [1.82, 2.24) is 25.0 Å². The van der Waals surface area contributed by atoms with Crippen molar-refractivity contribution in [3.8, 4) is 0 Å². The molecule has 0 bridgehead atoms. The summed E-state index contributed by atoms with van der Waals surface area (Å²) in [5.74, 6) is -1.05. The van der Waals surface area contributed by atoms with E-state index in [-0.39, 0.29) is 37.9 Å². The van der Waals surface area contributed by atoms with Gasteiger partial charge in [0.25, 0.3) is 0 Å². The second kappa shape index (κ2) is 6.39. The van der Waals surface area contributed by atoms with E-state index in [1.165, 1.54) is 4.90 Å². The van der Waals surface area contributed by atoms with Crippen LogP contribution in [0.2, 0.25) is 0 Å². The van der Waals surface area contributed by atoms with E-state index in [0.717, 1.165) is 4.57 Å². The summed E-state index contributed by atoms with van der Waals surface area (Å²) in [4.78, 5) is 13.4. The zero-order valence-electron chi connectivity index (χ0n) is 11.5. The molecule has 1 N–H and O–H groups in total. The van der Waals surface area contributed by atoms with Gasteiger partial charge in [-0.2, -0.15) is 13.2 Å². The highest BCUT2D eigenvalue weighted by atomic mass is 19.4. The minimum atomic E-state index is -4.53. The fraction of sp³-hybridized carbons (Fsp3) is 0.727. The van der Waals surface area contributed by atoms with Crippen LogP contribution in [0.25, 0.3) is 0 Å². The smallest absolute Gasteiger partial charge is 0.383 e. The number of hydrogen-bond acceptors (Lipinski definition) is 5. The number of hydrogen-bond donors (Lipinski definition) is 1. The fourth-order valence-corrected chi connectivity index (χ4v) is 2.06. The van der Waals surface area contributed by atoms with Gasteiger partial charge in [0.1, 0.15) is 0 Å². The molecule has 1 aliphatic rings. The quantitative estimate of drug-likeness (QED) is 0.768. The van der Waals surface area contributed by atoms with Gasteiger partial charge >= 0.3 is 6.18 Å². The van der Waals surface area contributed by atoms with Crippen molar-refractivity contribution in [2.24, 2.45) is 0 Å². The Labute approximate surface area is 119 Å². The molecular weight excluding hydrogens is 291 g/mol. The molecular formula is C11H16F3N5O2. The maximum absolute atomic E-state index is 12.7. The molecule has 1 aromatic heterocycles. The Bertz CT molecular complexity index is 503. The molecule has 0 aliphatic carbocycles. The van der Waals surface area contributed by atoms with Gasteiger partial charge in [-0.15, -0.1) is 10.2 Å². The fourth-order valence-electron chi connectivity index (χ4n) is 2.06. The van der Waals surface area contributed by atoms with E-state index in [9.17, 15) is 18.0 Å². The predicted molar refractivity (Wildman–Crippen MR) is 65.2 cm³/mol. The average Bonchev–Trinajstić information content (AvgIpc) is 2.86. The maximum atomic E-state index is 12.7. The molecule has 0 fully saturated rings. The molecule has 118 valence electrons. The molecule has 0 spiro atoms. The summed E-state index contributed by atoms with van der Waals surface area (Å²) in [6.45, 7) is 1.42. The van der Waals surface area contributed by atoms with Crippen LogP contribution in [-0.4, -0.2) is 58.9 Å². The first-order valence-electron chi connectivity index (χ1n) is 6.40. The van der Waals surface area contributed by atoms with Crippen molar-refractivity contribution in [3.63, 3.8) is 0 Å². The van der Waals surface area contributed by atoms with Gasteiger partial charge in [0.05, 0.1) is 19.7 Å². The van der Waals surface area contributed by atoms with Crippen LogP contribution in [0, 0.1) is 0 Å². The Kier molecular flexibility index (Phi) is 4.78. The molecule has 1 amide bonds. The summed E-state index contributed by atoms with van der Waals surface area (Å²) in [7, 11) is 1.55. The lowest BCUT2D eigenvalue weighted by Crippen LogP contribution is -2.43. The first kappa shape index (κ1) is 15.7. The highest BCUT2D eigenvalue weighted by Crippen LogP contribution is 2.29. The minimum Gasteiger partial charge on any atom is -0.383 e. The third kappa shape index (κ3) is 3.70. The first-order chi connectivity index (χ1) is 9.93. The summed E-state index contributed by atoms with van der Waals surface area (Å²) >= 11 is 0. The number of alkyl halides is 3. The van der Waals surface area contributed by atoms with Gasteiger partial charge in [0.2, 0.25) is 11.7 Å². The summed E-state index contributed by atoms with van der Waals surface area (Å²) in [5.41, 5.74) is 0. The van der Waals surface area contributed by atoms with Crippen LogP contribution in [0.5, 0.6) is 0 Å². The molecule has 0 aromatic carbocycles. The van der Waals surface area contributed by atoms with Crippen LogP contribution in [0.1, 0.15) is 11.6 Å².